The van der Waals surface area contributed by atoms with Gasteiger partial charge in [0.1, 0.15) is 0 Å². The molecule has 2 aromatic rings. The summed E-state index contributed by atoms with van der Waals surface area (Å²) in [5.74, 6) is 2.74. The smallest absolute Gasteiger partial charge is 0.272 e. The van der Waals surface area contributed by atoms with Crippen LogP contribution >= 0.6 is 0 Å². The Bertz CT molecular complexity index is 872. The van der Waals surface area contributed by atoms with E-state index in [2.05, 4.69) is 22.4 Å². The van der Waals surface area contributed by atoms with Crippen LogP contribution in [0, 0.1) is 5.92 Å². The number of hydrogen-bond donors (Lipinski definition) is 1. The summed E-state index contributed by atoms with van der Waals surface area (Å²) in [4.78, 5) is 17.3. The normalized spacial score (nSPS) is 24.0. The molecule has 1 N–H and O–H groups in total. The SMILES string of the molecule is CC(C)(C)NC(=O)c1nn(-c2cc(C3CC3)ccn2)c2c1C[C@H]1C[C@@H]21. The van der Waals surface area contributed by atoms with Crippen LogP contribution in [0.5, 0.6) is 0 Å². The number of hydrogen-bond acceptors (Lipinski definition) is 3. The highest BCUT2D eigenvalue weighted by atomic mass is 16.2. The molecule has 3 aliphatic carbocycles. The number of carbonyl (C=O) groups is 1. The van der Waals surface area contributed by atoms with Crippen molar-refractivity contribution in [2.24, 2.45) is 5.92 Å². The molecule has 2 saturated carbocycles. The molecule has 5 rings (SSSR count). The fourth-order valence-electron chi connectivity index (χ4n) is 4.09. The zero-order chi connectivity index (χ0) is 17.3. The van der Waals surface area contributed by atoms with Gasteiger partial charge in [-0.1, -0.05) is 0 Å². The zero-order valence-electron chi connectivity index (χ0n) is 15.0. The number of nitrogens with one attached hydrogen (secondary N) is 1. The quantitative estimate of drug-likeness (QED) is 0.935. The number of amides is 1. The van der Waals surface area contributed by atoms with Crippen LogP contribution in [-0.2, 0) is 6.42 Å². The zero-order valence-corrected chi connectivity index (χ0v) is 15.0. The van der Waals surface area contributed by atoms with Gasteiger partial charge in [0.25, 0.3) is 5.91 Å². The molecule has 0 bridgehead atoms. The second-order valence-corrected chi connectivity index (χ2v) is 8.86. The molecule has 2 heterocycles. The highest BCUT2D eigenvalue weighted by molar-refractivity contribution is 5.95. The lowest BCUT2D eigenvalue weighted by molar-refractivity contribution is 0.0913. The van der Waals surface area contributed by atoms with Gasteiger partial charge in [0, 0.05) is 23.2 Å². The third kappa shape index (κ3) is 2.57. The van der Waals surface area contributed by atoms with Crippen molar-refractivity contribution in [3.05, 3.63) is 40.8 Å². The first kappa shape index (κ1) is 15.1. The van der Waals surface area contributed by atoms with Gasteiger partial charge in [0.15, 0.2) is 11.5 Å². The summed E-state index contributed by atoms with van der Waals surface area (Å²) < 4.78 is 1.95. The maximum absolute atomic E-state index is 12.8. The van der Waals surface area contributed by atoms with Crippen molar-refractivity contribution in [2.45, 2.75) is 63.8 Å². The Balaban J connectivity index is 1.58. The topological polar surface area (TPSA) is 59.8 Å². The van der Waals surface area contributed by atoms with E-state index < -0.39 is 0 Å². The first-order chi connectivity index (χ1) is 11.9. The molecule has 0 radical (unpaired) electrons. The van der Waals surface area contributed by atoms with Crippen LogP contribution in [0.3, 0.4) is 0 Å². The van der Waals surface area contributed by atoms with Crippen LogP contribution in [-0.4, -0.2) is 26.2 Å². The number of nitrogens with zero attached hydrogens (tertiary/aromatic N) is 3. The van der Waals surface area contributed by atoms with Crippen LogP contribution in [0.1, 0.15) is 79.2 Å². The second-order valence-electron chi connectivity index (χ2n) is 8.86. The molecule has 25 heavy (non-hydrogen) atoms. The van der Waals surface area contributed by atoms with E-state index in [0.717, 1.165) is 17.8 Å². The molecular formula is C20H24N4O. The Morgan fingerprint density at radius 2 is 2.12 bits per heavy atom. The van der Waals surface area contributed by atoms with E-state index >= 15 is 0 Å². The van der Waals surface area contributed by atoms with E-state index in [0.29, 0.717) is 23.4 Å². The molecule has 5 nitrogen and oxygen atoms in total. The summed E-state index contributed by atoms with van der Waals surface area (Å²) in [5.41, 5.74) is 4.04. The van der Waals surface area contributed by atoms with Crippen molar-refractivity contribution in [1.29, 1.82) is 0 Å². The molecule has 5 heteroatoms. The molecule has 0 spiro atoms. The van der Waals surface area contributed by atoms with Crippen molar-refractivity contribution in [3.63, 3.8) is 0 Å². The summed E-state index contributed by atoms with van der Waals surface area (Å²) in [6.07, 6.45) is 6.62. The van der Waals surface area contributed by atoms with E-state index in [9.17, 15) is 4.79 Å². The second kappa shape index (κ2) is 4.93. The highest BCUT2D eigenvalue weighted by Gasteiger charge is 2.50. The molecule has 0 unspecified atom stereocenters. The largest absolute Gasteiger partial charge is 0.346 e. The Kier molecular flexibility index (Phi) is 2.98. The van der Waals surface area contributed by atoms with Crippen LogP contribution in [0.15, 0.2) is 18.3 Å². The minimum atomic E-state index is -0.264. The van der Waals surface area contributed by atoms with E-state index in [1.807, 2.05) is 31.6 Å². The first-order valence-electron chi connectivity index (χ1n) is 9.31. The number of fused-ring (bicyclic) bond motifs is 3. The maximum Gasteiger partial charge on any atom is 0.272 e. The predicted octanol–water partition coefficient (Wildman–Crippen LogP) is 3.33. The molecule has 0 saturated heterocycles. The summed E-state index contributed by atoms with van der Waals surface area (Å²) >= 11 is 0. The fourth-order valence-corrected chi connectivity index (χ4v) is 4.09. The fraction of sp³-hybridized carbons (Fsp3) is 0.550. The van der Waals surface area contributed by atoms with Gasteiger partial charge in [-0.15, -0.1) is 0 Å². The van der Waals surface area contributed by atoms with Crippen molar-refractivity contribution in [3.8, 4) is 5.82 Å². The molecule has 3 aliphatic rings. The van der Waals surface area contributed by atoms with Gasteiger partial charge in [-0.25, -0.2) is 9.67 Å². The average Bonchev–Trinajstić information content (AvgIpc) is 3.45. The minimum absolute atomic E-state index is 0.0675. The van der Waals surface area contributed by atoms with Crippen LogP contribution in [0.2, 0.25) is 0 Å². The molecule has 1 amide bonds. The van der Waals surface area contributed by atoms with Crippen LogP contribution in [0.4, 0.5) is 0 Å². The van der Waals surface area contributed by atoms with Gasteiger partial charge in [-0.05, 0) is 76.0 Å². The summed E-state index contributed by atoms with van der Waals surface area (Å²) in [5, 5.41) is 7.79. The van der Waals surface area contributed by atoms with Gasteiger partial charge < -0.3 is 5.32 Å². The van der Waals surface area contributed by atoms with Crippen molar-refractivity contribution >= 4 is 5.91 Å². The van der Waals surface area contributed by atoms with Gasteiger partial charge >= 0.3 is 0 Å². The standard InChI is InChI=1S/C20H24N4O/c1-20(2,3)22-19(25)17-15-9-13-8-14(13)18(15)24(23-17)16-10-12(6-7-21-16)11-4-5-11/h6-7,10-11,13-14H,4-5,8-9H2,1-3H3,(H,22,25)/t13-,14-/m1/s1. The van der Waals surface area contributed by atoms with E-state index in [-0.39, 0.29) is 11.4 Å². The van der Waals surface area contributed by atoms with Crippen molar-refractivity contribution in [2.75, 3.05) is 0 Å². The van der Waals surface area contributed by atoms with Crippen LogP contribution < -0.4 is 5.32 Å². The summed E-state index contributed by atoms with van der Waals surface area (Å²) in [6, 6.07) is 4.27. The lowest BCUT2D eigenvalue weighted by Gasteiger charge is -2.19. The molecule has 2 atom stereocenters. The van der Waals surface area contributed by atoms with Gasteiger partial charge in [-0.2, -0.15) is 5.10 Å². The Morgan fingerprint density at radius 3 is 2.84 bits per heavy atom. The first-order valence-corrected chi connectivity index (χ1v) is 9.31. The number of rotatable bonds is 3. The molecule has 0 aromatic carbocycles. The Labute approximate surface area is 147 Å². The molecule has 130 valence electrons. The highest BCUT2D eigenvalue weighted by Crippen LogP contribution is 2.57. The maximum atomic E-state index is 12.8. The van der Waals surface area contributed by atoms with Crippen LogP contribution in [0.25, 0.3) is 5.82 Å². The van der Waals surface area contributed by atoms with Crippen molar-refractivity contribution < 1.29 is 4.79 Å². The average molecular weight is 336 g/mol. The molecule has 0 aliphatic heterocycles. The van der Waals surface area contributed by atoms with Gasteiger partial charge in [-0.3, -0.25) is 4.79 Å². The minimum Gasteiger partial charge on any atom is -0.346 e. The summed E-state index contributed by atoms with van der Waals surface area (Å²) in [6.45, 7) is 6.00. The lowest BCUT2D eigenvalue weighted by atomic mass is 10.1. The number of aromatic nitrogens is 3. The van der Waals surface area contributed by atoms with E-state index in [1.165, 1.54) is 30.5 Å². The predicted molar refractivity (Wildman–Crippen MR) is 95.1 cm³/mol. The van der Waals surface area contributed by atoms with Gasteiger partial charge in [0.05, 0.1) is 5.69 Å². The number of pyridine rings is 1. The van der Waals surface area contributed by atoms with Gasteiger partial charge in [0.2, 0.25) is 0 Å². The molecule has 2 aromatic heterocycles. The van der Waals surface area contributed by atoms with E-state index in [4.69, 9.17) is 5.10 Å². The third-order valence-electron chi connectivity index (χ3n) is 5.50. The lowest BCUT2D eigenvalue weighted by Crippen LogP contribution is -2.41. The number of carbonyl (C=O) groups excluding carboxylic acids is 1. The third-order valence-corrected chi connectivity index (χ3v) is 5.50. The molecular weight excluding hydrogens is 312 g/mol. The summed E-state index contributed by atoms with van der Waals surface area (Å²) in [7, 11) is 0. The molecule has 2 fully saturated rings. The monoisotopic (exact) mass is 336 g/mol. The van der Waals surface area contributed by atoms with Crippen molar-refractivity contribution in [1.82, 2.24) is 20.1 Å². The Hall–Kier alpha value is -2.17. The Morgan fingerprint density at radius 1 is 1.32 bits per heavy atom. The van der Waals surface area contributed by atoms with E-state index in [1.54, 1.807) is 0 Å².